The third kappa shape index (κ3) is 4.30. The van der Waals surface area contributed by atoms with Gasteiger partial charge in [-0.05, 0) is 35.9 Å². The first-order chi connectivity index (χ1) is 9.88. The molecule has 0 atom stereocenters. The zero-order valence-corrected chi connectivity index (χ0v) is 14.3. The Morgan fingerprint density at radius 2 is 1.76 bits per heavy atom. The lowest BCUT2D eigenvalue weighted by molar-refractivity contribution is 0.581. The average molecular weight is 369 g/mol. The molecule has 1 N–H and O–H groups in total. The van der Waals surface area contributed by atoms with Crippen LogP contribution in [0, 0.1) is 0 Å². The molecule has 0 amide bonds. The number of rotatable bonds is 5. The van der Waals surface area contributed by atoms with Gasteiger partial charge in [0.1, 0.15) is 0 Å². The highest BCUT2D eigenvalue weighted by Crippen LogP contribution is 2.17. The van der Waals surface area contributed by atoms with Gasteiger partial charge in [0.15, 0.2) is 0 Å². The van der Waals surface area contributed by atoms with Crippen LogP contribution in [-0.4, -0.2) is 22.5 Å². The molecular weight excluding hydrogens is 352 g/mol. The second-order valence-electron chi connectivity index (χ2n) is 4.84. The molecule has 21 heavy (non-hydrogen) atoms. The molecule has 0 saturated heterocycles. The number of nitrogens with zero attached hydrogens (tertiary/aromatic N) is 1. The molecule has 4 nitrogen and oxygen atoms in total. The highest BCUT2D eigenvalue weighted by atomic mass is 79.9. The normalized spacial score (nSPS) is 11.4. The van der Waals surface area contributed by atoms with Crippen LogP contribution >= 0.6 is 15.9 Å². The highest BCUT2D eigenvalue weighted by Gasteiger charge is 2.13. The molecule has 2 aromatic carbocycles. The second kappa shape index (κ2) is 6.60. The van der Waals surface area contributed by atoms with Crippen LogP contribution in [0.15, 0.2) is 57.9 Å². The Morgan fingerprint density at radius 1 is 1.10 bits per heavy atom. The average Bonchev–Trinajstić information content (AvgIpc) is 2.45. The molecule has 6 heteroatoms. The van der Waals surface area contributed by atoms with E-state index in [1.54, 1.807) is 24.3 Å². The van der Waals surface area contributed by atoms with Crippen molar-refractivity contribution in [1.29, 1.82) is 0 Å². The van der Waals surface area contributed by atoms with E-state index in [-0.39, 0.29) is 11.4 Å². The molecule has 0 bridgehead atoms. The van der Waals surface area contributed by atoms with Crippen molar-refractivity contribution in [2.24, 2.45) is 0 Å². The van der Waals surface area contributed by atoms with Gasteiger partial charge in [0, 0.05) is 30.8 Å². The molecule has 0 aliphatic carbocycles. The van der Waals surface area contributed by atoms with Crippen LogP contribution in [0.1, 0.15) is 5.56 Å². The summed E-state index contributed by atoms with van der Waals surface area (Å²) >= 11 is 3.28. The summed E-state index contributed by atoms with van der Waals surface area (Å²) < 4.78 is 27.7. The van der Waals surface area contributed by atoms with Crippen molar-refractivity contribution < 1.29 is 8.42 Å². The van der Waals surface area contributed by atoms with Gasteiger partial charge in [-0.2, -0.15) is 0 Å². The molecule has 0 fully saturated rings. The maximum Gasteiger partial charge on any atom is 0.240 e. The lowest BCUT2D eigenvalue weighted by Gasteiger charge is -2.13. The molecule has 0 radical (unpaired) electrons. The minimum atomic E-state index is -3.50. The van der Waals surface area contributed by atoms with Crippen molar-refractivity contribution in [3.63, 3.8) is 0 Å². The van der Waals surface area contributed by atoms with Crippen LogP contribution in [0.5, 0.6) is 0 Å². The van der Waals surface area contributed by atoms with E-state index < -0.39 is 10.0 Å². The van der Waals surface area contributed by atoms with Gasteiger partial charge in [0.2, 0.25) is 10.0 Å². The van der Waals surface area contributed by atoms with E-state index >= 15 is 0 Å². The first-order valence-corrected chi connectivity index (χ1v) is 8.67. The number of hydrogen-bond acceptors (Lipinski definition) is 3. The number of nitrogens with one attached hydrogen (secondary N) is 1. The molecule has 0 heterocycles. The quantitative estimate of drug-likeness (QED) is 0.882. The van der Waals surface area contributed by atoms with Crippen LogP contribution in [0.25, 0.3) is 0 Å². The van der Waals surface area contributed by atoms with E-state index in [2.05, 4.69) is 20.7 Å². The van der Waals surface area contributed by atoms with E-state index in [0.717, 1.165) is 15.7 Å². The zero-order valence-electron chi connectivity index (χ0n) is 11.9. The third-order valence-electron chi connectivity index (χ3n) is 3.03. The molecular formula is C15H17BrN2O2S. The zero-order chi connectivity index (χ0) is 15.5. The largest absolute Gasteiger partial charge is 0.378 e. The Kier molecular flexibility index (Phi) is 5.03. The molecule has 0 saturated carbocycles. The van der Waals surface area contributed by atoms with E-state index in [1.165, 1.54) is 0 Å². The summed E-state index contributed by atoms with van der Waals surface area (Å²) in [5.41, 5.74) is 1.99. The summed E-state index contributed by atoms with van der Waals surface area (Å²) in [5.74, 6) is 0. The van der Waals surface area contributed by atoms with Gasteiger partial charge < -0.3 is 4.90 Å². The van der Waals surface area contributed by atoms with E-state index in [1.807, 2.05) is 43.3 Å². The summed E-state index contributed by atoms with van der Waals surface area (Å²) in [6.45, 7) is 0.266. The maximum absolute atomic E-state index is 12.2. The van der Waals surface area contributed by atoms with Crippen LogP contribution in [0.3, 0.4) is 0 Å². The van der Waals surface area contributed by atoms with Gasteiger partial charge >= 0.3 is 0 Å². The Hall–Kier alpha value is -1.37. The van der Waals surface area contributed by atoms with Crippen LogP contribution in [0.2, 0.25) is 0 Å². The number of sulfonamides is 1. The van der Waals surface area contributed by atoms with Gasteiger partial charge in [0.05, 0.1) is 4.90 Å². The first-order valence-electron chi connectivity index (χ1n) is 6.40. The monoisotopic (exact) mass is 368 g/mol. The van der Waals surface area contributed by atoms with E-state index in [9.17, 15) is 8.42 Å². The second-order valence-corrected chi connectivity index (χ2v) is 7.53. The maximum atomic E-state index is 12.2. The van der Waals surface area contributed by atoms with E-state index in [4.69, 9.17) is 0 Å². The lowest BCUT2D eigenvalue weighted by atomic mass is 10.2. The van der Waals surface area contributed by atoms with Crippen LogP contribution < -0.4 is 9.62 Å². The summed E-state index contributed by atoms with van der Waals surface area (Å²) in [6, 6.07) is 14.4. The van der Waals surface area contributed by atoms with Gasteiger partial charge in [-0.3, -0.25) is 0 Å². The predicted octanol–water partition coefficient (Wildman–Crippen LogP) is 2.99. The van der Waals surface area contributed by atoms with Crippen molar-refractivity contribution in [1.82, 2.24) is 4.72 Å². The van der Waals surface area contributed by atoms with Gasteiger partial charge in [0.25, 0.3) is 0 Å². The molecule has 0 aliphatic rings. The standard InChI is InChI=1S/C15H17BrN2O2S/c1-18(2)14-8-6-12(7-9-14)11-17-21(19,20)15-5-3-4-13(16)10-15/h3-10,17H,11H2,1-2H3. The van der Waals surface area contributed by atoms with Crippen molar-refractivity contribution >= 4 is 31.6 Å². The fourth-order valence-electron chi connectivity index (χ4n) is 1.81. The van der Waals surface area contributed by atoms with Gasteiger partial charge in [-0.15, -0.1) is 0 Å². The van der Waals surface area contributed by atoms with Crippen LogP contribution in [0.4, 0.5) is 5.69 Å². The Bertz CT molecular complexity index is 713. The highest BCUT2D eigenvalue weighted by molar-refractivity contribution is 9.10. The number of hydrogen-bond donors (Lipinski definition) is 1. The number of anilines is 1. The smallest absolute Gasteiger partial charge is 0.240 e. The minimum Gasteiger partial charge on any atom is -0.378 e. The Morgan fingerprint density at radius 3 is 2.33 bits per heavy atom. The first kappa shape index (κ1) is 16.0. The van der Waals surface area contributed by atoms with Gasteiger partial charge in [-0.1, -0.05) is 34.1 Å². The van der Waals surface area contributed by atoms with Crippen LogP contribution in [-0.2, 0) is 16.6 Å². The Balaban J connectivity index is 2.08. The third-order valence-corrected chi connectivity index (χ3v) is 4.92. The summed E-state index contributed by atoms with van der Waals surface area (Å²) in [7, 11) is 0.429. The van der Waals surface area contributed by atoms with Crippen molar-refractivity contribution in [2.75, 3.05) is 19.0 Å². The fraction of sp³-hybridized carbons (Fsp3) is 0.200. The molecule has 0 unspecified atom stereocenters. The molecule has 2 rings (SSSR count). The predicted molar refractivity (Wildman–Crippen MR) is 88.9 cm³/mol. The minimum absolute atomic E-state index is 0.252. The summed E-state index contributed by atoms with van der Waals surface area (Å²) in [4.78, 5) is 2.25. The topological polar surface area (TPSA) is 49.4 Å². The number of benzene rings is 2. The summed E-state index contributed by atoms with van der Waals surface area (Å²) in [5, 5.41) is 0. The SMILES string of the molecule is CN(C)c1ccc(CNS(=O)(=O)c2cccc(Br)c2)cc1. The van der Waals surface area contributed by atoms with E-state index in [0.29, 0.717) is 0 Å². The van der Waals surface area contributed by atoms with Gasteiger partial charge in [-0.25, -0.2) is 13.1 Å². The number of halogens is 1. The molecule has 0 spiro atoms. The fourth-order valence-corrected chi connectivity index (χ4v) is 3.42. The van der Waals surface area contributed by atoms with Crippen molar-refractivity contribution in [2.45, 2.75) is 11.4 Å². The summed E-state index contributed by atoms with van der Waals surface area (Å²) in [6.07, 6.45) is 0. The van der Waals surface area contributed by atoms with Crippen molar-refractivity contribution in [3.8, 4) is 0 Å². The molecule has 0 aromatic heterocycles. The molecule has 2 aromatic rings. The molecule has 112 valence electrons. The lowest BCUT2D eigenvalue weighted by Crippen LogP contribution is -2.23. The van der Waals surface area contributed by atoms with Crippen molar-refractivity contribution in [3.05, 3.63) is 58.6 Å². The molecule has 0 aliphatic heterocycles. The Labute approximate surface area is 134 Å².